The average Bonchev–Trinajstić information content (AvgIpc) is 2.72. The number of rotatable bonds is 8. The summed E-state index contributed by atoms with van der Waals surface area (Å²) in [6, 6.07) is 26.0. The first kappa shape index (κ1) is 19.5. The Hall–Kier alpha value is -2.23. The van der Waals surface area contributed by atoms with E-state index < -0.39 is 0 Å². The molecule has 4 heteroatoms. The van der Waals surface area contributed by atoms with Gasteiger partial charge in [-0.3, -0.25) is 4.79 Å². The van der Waals surface area contributed by atoms with Crippen LogP contribution in [0.4, 0.5) is 0 Å². The van der Waals surface area contributed by atoms with Crippen LogP contribution < -0.4 is 5.32 Å². The second-order valence-electron chi connectivity index (χ2n) is 6.25. The topological polar surface area (TPSA) is 29.1 Å². The largest absolute Gasteiger partial charge is 0.352 e. The maximum atomic E-state index is 12.3. The van der Waals surface area contributed by atoms with E-state index in [2.05, 4.69) is 17.4 Å². The molecule has 0 spiro atoms. The number of benzene rings is 3. The van der Waals surface area contributed by atoms with Gasteiger partial charge in [0, 0.05) is 27.8 Å². The van der Waals surface area contributed by atoms with Gasteiger partial charge in [-0.25, -0.2) is 0 Å². The van der Waals surface area contributed by atoms with Crippen molar-refractivity contribution in [3.63, 3.8) is 0 Å². The number of amides is 1. The lowest BCUT2D eigenvalue weighted by molar-refractivity contribution is 0.0953. The van der Waals surface area contributed by atoms with E-state index in [4.69, 9.17) is 11.6 Å². The second-order valence-corrected chi connectivity index (χ2v) is 7.71. The predicted octanol–water partition coefficient (Wildman–Crippen LogP) is 5.99. The summed E-state index contributed by atoms with van der Waals surface area (Å²) in [6.45, 7) is 0.635. The van der Waals surface area contributed by atoms with Crippen molar-refractivity contribution in [3.8, 4) is 0 Å². The SMILES string of the molecule is O=C(NCCCc1ccccc1Cl)c1ccc(CSc2ccccc2)cc1. The molecule has 3 rings (SSSR count). The minimum atomic E-state index is -0.0311. The molecule has 1 N–H and O–H groups in total. The van der Waals surface area contributed by atoms with E-state index in [9.17, 15) is 4.79 Å². The third kappa shape index (κ3) is 6.16. The first-order valence-corrected chi connectivity index (χ1v) is 10.4. The van der Waals surface area contributed by atoms with Gasteiger partial charge in [0.1, 0.15) is 0 Å². The van der Waals surface area contributed by atoms with Crippen LogP contribution in [0.3, 0.4) is 0 Å². The lowest BCUT2D eigenvalue weighted by Crippen LogP contribution is -2.24. The van der Waals surface area contributed by atoms with Crippen molar-refractivity contribution in [1.82, 2.24) is 5.32 Å². The number of carbonyl (C=O) groups excluding carboxylic acids is 1. The molecule has 0 radical (unpaired) electrons. The van der Waals surface area contributed by atoms with Gasteiger partial charge in [-0.1, -0.05) is 60.1 Å². The molecule has 1 amide bonds. The highest BCUT2D eigenvalue weighted by Crippen LogP contribution is 2.22. The van der Waals surface area contributed by atoms with Gasteiger partial charge in [0.2, 0.25) is 0 Å². The van der Waals surface area contributed by atoms with Gasteiger partial charge in [-0.2, -0.15) is 0 Å². The summed E-state index contributed by atoms with van der Waals surface area (Å²) in [6.07, 6.45) is 1.72. The molecular formula is C23H22ClNOS. The summed E-state index contributed by atoms with van der Waals surface area (Å²) >= 11 is 7.94. The second kappa shape index (κ2) is 10.2. The van der Waals surface area contributed by atoms with Gasteiger partial charge in [-0.05, 0) is 54.3 Å². The Morgan fingerprint density at radius 3 is 2.33 bits per heavy atom. The normalized spacial score (nSPS) is 10.6. The zero-order chi connectivity index (χ0) is 18.9. The molecule has 0 heterocycles. The number of hydrogen-bond donors (Lipinski definition) is 1. The summed E-state index contributed by atoms with van der Waals surface area (Å²) in [4.78, 5) is 13.5. The Morgan fingerprint density at radius 1 is 0.889 bits per heavy atom. The quantitative estimate of drug-likeness (QED) is 0.374. The molecule has 0 saturated heterocycles. The fourth-order valence-electron chi connectivity index (χ4n) is 2.72. The number of nitrogens with one attached hydrogen (secondary N) is 1. The Bertz CT molecular complexity index is 865. The highest BCUT2D eigenvalue weighted by atomic mass is 35.5. The van der Waals surface area contributed by atoms with Crippen molar-refractivity contribution in [1.29, 1.82) is 0 Å². The Kier molecular flexibility index (Phi) is 7.37. The molecule has 0 fully saturated rings. The smallest absolute Gasteiger partial charge is 0.251 e. The van der Waals surface area contributed by atoms with Crippen LogP contribution in [-0.4, -0.2) is 12.5 Å². The standard InChI is InChI=1S/C23H22ClNOS/c24-22-11-5-4-7-19(22)8-6-16-25-23(26)20-14-12-18(13-15-20)17-27-21-9-2-1-3-10-21/h1-5,7,9-15H,6,8,16-17H2,(H,25,26). The van der Waals surface area contributed by atoms with Gasteiger partial charge in [0.25, 0.3) is 5.91 Å². The van der Waals surface area contributed by atoms with Gasteiger partial charge in [0.15, 0.2) is 0 Å². The molecule has 0 unspecified atom stereocenters. The minimum absolute atomic E-state index is 0.0311. The summed E-state index contributed by atoms with van der Waals surface area (Å²) in [5.74, 6) is 0.862. The van der Waals surface area contributed by atoms with Crippen LogP contribution in [0.25, 0.3) is 0 Å². The highest BCUT2D eigenvalue weighted by Gasteiger charge is 2.06. The van der Waals surface area contributed by atoms with E-state index in [0.717, 1.165) is 29.2 Å². The fraction of sp³-hybridized carbons (Fsp3) is 0.174. The third-order valence-electron chi connectivity index (χ3n) is 4.23. The molecule has 27 heavy (non-hydrogen) atoms. The van der Waals surface area contributed by atoms with Crippen LogP contribution in [0.2, 0.25) is 5.02 Å². The van der Waals surface area contributed by atoms with E-state index in [-0.39, 0.29) is 5.91 Å². The Morgan fingerprint density at radius 2 is 1.59 bits per heavy atom. The molecule has 0 aliphatic heterocycles. The molecular weight excluding hydrogens is 374 g/mol. The van der Waals surface area contributed by atoms with E-state index in [1.165, 1.54) is 10.5 Å². The number of carbonyl (C=O) groups is 1. The van der Waals surface area contributed by atoms with Gasteiger partial charge in [0.05, 0.1) is 0 Å². The van der Waals surface area contributed by atoms with Crippen LogP contribution in [-0.2, 0) is 12.2 Å². The van der Waals surface area contributed by atoms with Gasteiger partial charge < -0.3 is 5.32 Å². The summed E-state index contributed by atoms with van der Waals surface area (Å²) < 4.78 is 0. The monoisotopic (exact) mass is 395 g/mol. The molecule has 2 nitrogen and oxygen atoms in total. The first-order chi connectivity index (χ1) is 13.2. The van der Waals surface area contributed by atoms with Crippen molar-refractivity contribution in [2.24, 2.45) is 0 Å². The lowest BCUT2D eigenvalue weighted by atomic mass is 10.1. The molecule has 0 saturated carbocycles. The molecule has 0 atom stereocenters. The zero-order valence-corrected chi connectivity index (χ0v) is 16.6. The van der Waals surface area contributed by atoms with Crippen LogP contribution in [0.15, 0.2) is 83.8 Å². The van der Waals surface area contributed by atoms with E-state index in [0.29, 0.717) is 12.1 Å². The van der Waals surface area contributed by atoms with Crippen molar-refractivity contribution in [3.05, 3.63) is 101 Å². The molecule has 0 bridgehead atoms. The maximum absolute atomic E-state index is 12.3. The van der Waals surface area contributed by atoms with E-state index in [1.807, 2.05) is 66.7 Å². The molecule has 3 aromatic rings. The first-order valence-electron chi connectivity index (χ1n) is 9.01. The van der Waals surface area contributed by atoms with Crippen LogP contribution >= 0.6 is 23.4 Å². The van der Waals surface area contributed by atoms with Crippen LogP contribution in [0.1, 0.15) is 27.9 Å². The number of hydrogen-bond acceptors (Lipinski definition) is 2. The fourth-order valence-corrected chi connectivity index (χ4v) is 3.83. The van der Waals surface area contributed by atoms with Crippen molar-refractivity contribution in [2.45, 2.75) is 23.5 Å². The Balaban J connectivity index is 1.42. The summed E-state index contributed by atoms with van der Waals surface area (Å²) in [5, 5.41) is 3.76. The van der Waals surface area contributed by atoms with Gasteiger partial charge >= 0.3 is 0 Å². The minimum Gasteiger partial charge on any atom is -0.352 e. The van der Waals surface area contributed by atoms with Crippen LogP contribution in [0, 0.1) is 0 Å². The number of thioether (sulfide) groups is 1. The van der Waals surface area contributed by atoms with Crippen molar-refractivity contribution < 1.29 is 4.79 Å². The average molecular weight is 396 g/mol. The highest BCUT2D eigenvalue weighted by molar-refractivity contribution is 7.98. The zero-order valence-electron chi connectivity index (χ0n) is 15.0. The Labute approximate surface area is 170 Å². The van der Waals surface area contributed by atoms with Crippen molar-refractivity contribution >= 4 is 29.3 Å². The summed E-state index contributed by atoms with van der Waals surface area (Å²) in [7, 11) is 0. The van der Waals surface area contributed by atoms with Crippen molar-refractivity contribution in [2.75, 3.05) is 6.54 Å². The molecule has 138 valence electrons. The molecule has 3 aromatic carbocycles. The van der Waals surface area contributed by atoms with Gasteiger partial charge in [-0.15, -0.1) is 11.8 Å². The van der Waals surface area contributed by atoms with E-state index >= 15 is 0 Å². The van der Waals surface area contributed by atoms with E-state index in [1.54, 1.807) is 11.8 Å². The molecule has 0 aliphatic rings. The lowest BCUT2D eigenvalue weighted by Gasteiger charge is -2.07. The summed E-state index contributed by atoms with van der Waals surface area (Å²) in [5.41, 5.74) is 3.02. The van der Waals surface area contributed by atoms with Crippen LogP contribution in [0.5, 0.6) is 0 Å². The predicted molar refractivity (Wildman–Crippen MR) is 115 cm³/mol. The third-order valence-corrected chi connectivity index (χ3v) is 5.68. The number of halogens is 1. The maximum Gasteiger partial charge on any atom is 0.251 e. The number of aryl methyl sites for hydroxylation is 1. The molecule has 0 aromatic heterocycles. The molecule has 0 aliphatic carbocycles.